The molecule has 2 heterocycles. The largest absolute Gasteiger partial charge is 0.282 e. The Morgan fingerprint density at radius 3 is 2.62 bits per heavy atom. The van der Waals surface area contributed by atoms with Crippen LogP contribution in [0.1, 0.15) is 6.92 Å². The molecule has 0 bridgehead atoms. The minimum Gasteiger partial charge on any atom is -0.163 e. The lowest BCUT2D eigenvalue weighted by Crippen LogP contribution is -2.11. The second-order valence-electron chi connectivity index (χ2n) is 2.42. The lowest BCUT2D eigenvalue weighted by molar-refractivity contribution is -0.605. The first-order valence-corrected chi connectivity index (χ1v) is 2.83. The summed E-state index contributed by atoms with van der Waals surface area (Å²) in [4.78, 5) is 0. The molecule has 0 saturated heterocycles. The normalized spacial score (nSPS) is 31.8. The van der Waals surface area contributed by atoms with Gasteiger partial charge in [0.2, 0.25) is 6.21 Å². The van der Waals surface area contributed by atoms with E-state index in [9.17, 15) is 0 Å². The van der Waals surface area contributed by atoms with Gasteiger partial charge in [-0.1, -0.05) is 4.68 Å². The molecule has 2 heteroatoms. The maximum atomic E-state index is 2.20. The second-order valence-corrected chi connectivity index (χ2v) is 2.42. The van der Waals surface area contributed by atoms with Gasteiger partial charge in [0.15, 0.2) is 0 Å². The van der Waals surface area contributed by atoms with Crippen LogP contribution in [0.15, 0.2) is 11.8 Å². The van der Waals surface area contributed by atoms with Gasteiger partial charge in [-0.25, -0.2) is 0 Å². The van der Waals surface area contributed by atoms with Gasteiger partial charge in [-0.3, -0.25) is 0 Å². The lowest BCUT2D eigenvalue weighted by atomic mass is 10.2. The third-order valence-corrected chi connectivity index (χ3v) is 1.71. The van der Waals surface area contributed by atoms with Crippen LogP contribution in [0.5, 0.6) is 0 Å². The van der Waals surface area contributed by atoms with Crippen molar-refractivity contribution in [3.63, 3.8) is 0 Å². The van der Waals surface area contributed by atoms with Crippen LogP contribution in [-0.4, -0.2) is 29.0 Å². The van der Waals surface area contributed by atoms with Gasteiger partial charge in [0.05, 0.1) is 13.2 Å². The van der Waals surface area contributed by atoms with Crippen LogP contribution in [0, 0.1) is 0 Å². The number of hydrogen-bond acceptors (Lipinski definition) is 1. The van der Waals surface area contributed by atoms with Crippen molar-refractivity contribution < 1.29 is 4.68 Å². The molecular weight excluding hydrogens is 100 g/mol. The minimum absolute atomic E-state index is 0.653. The summed E-state index contributed by atoms with van der Waals surface area (Å²) in [6.45, 7) is 2.16. The Morgan fingerprint density at radius 2 is 2.50 bits per heavy atom. The maximum absolute atomic E-state index is 2.20. The summed E-state index contributed by atoms with van der Waals surface area (Å²) in [6.07, 6.45) is 4.36. The fourth-order valence-electron chi connectivity index (χ4n) is 1.17. The molecule has 0 aromatic heterocycles. The highest BCUT2D eigenvalue weighted by atomic mass is 15.6. The number of nitrogens with zero attached hydrogens (tertiary/aromatic N) is 2. The molecule has 0 spiro atoms. The molecule has 2 rings (SSSR count). The molecule has 0 aliphatic carbocycles. The van der Waals surface area contributed by atoms with Crippen molar-refractivity contribution in [2.24, 2.45) is 0 Å². The van der Waals surface area contributed by atoms with E-state index in [1.165, 1.54) is 5.57 Å². The van der Waals surface area contributed by atoms with Crippen LogP contribution in [0.2, 0.25) is 0 Å². The summed E-state index contributed by atoms with van der Waals surface area (Å²) in [7, 11) is 2.06. The zero-order valence-corrected chi connectivity index (χ0v) is 5.13. The Morgan fingerprint density at radius 1 is 1.75 bits per heavy atom. The summed E-state index contributed by atoms with van der Waals surface area (Å²) in [5, 5.41) is 2.11. The summed E-state index contributed by atoms with van der Waals surface area (Å²) in [6, 6.07) is 0.653. The molecule has 2 aliphatic heterocycles. The van der Waals surface area contributed by atoms with E-state index < -0.39 is 0 Å². The molecule has 0 fully saturated rings. The molecule has 2 aliphatic rings. The van der Waals surface area contributed by atoms with Crippen LogP contribution in [0.4, 0.5) is 0 Å². The Balaban J connectivity index is 2.31. The fraction of sp³-hybridized carbons (Fsp3) is 0.500. The highest BCUT2D eigenvalue weighted by Gasteiger charge is 2.46. The van der Waals surface area contributed by atoms with Crippen LogP contribution in [0.3, 0.4) is 0 Å². The first kappa shape index (κ1) is 4.13. The van der Waals surface area contributed by atoms with Gasteiger partial charge in [-0.05, 0) is 6.92 Å². The van der Waals surface area contributed by atoms with E-state index in [0.717, 1.165) is 0 Å². The molecule has 1 unspecified atom stereocenters. The Hall–Kier alpha value is -0.790. The quantitative estimate of drug-likeness (QED) is 0.403. The van der Waals surface area contributed by atoms with Gasteiger partial charge in [0.1, 0.15) is 0 Å². The topological polar surface area (TPSA) is 6.25 Å². The zero-order chi connectivity index (χ0) is 5.72. The van der Waals surface area contributed by atoms with Gasteiger partial charge in [-0.2, -0.15) is 5.01 Å². The van der Waals surface area contributed by atoms with E-state index in [0.29, 0.717) is 6.04 Å². The average molecular weight is 109 g/mol. The minimum atomic E-state index is 0.653. The molecule has 0 aromatic carbocycles. The molecule has 8 heavy (non-hydrogen) atoms. The number of rotatable bonds is 0. The van der Waals surface area contributed by atoms with Crippen LogP contribution >= 0.6 is 0 Å². The maximum Gasteiger partial charge on any atom is 0.282 e. The summed E-state index contributed by atoms with van der Waals surface area (Å²) >= 11 is 0. The Labute approximate surface area is 48.7 Å². The number of hydrazine groups is 1. The highest BCUT2D eigenvalue weighted by molar-refractivity contribution is 5.72. The highest BCUT2D eigenvalue weighted by Crippen LogP contribution is 2.22. The van der Waals surface area contributed by atoms with Gasteiger partial charge in [-0.15, -0.1) is 0 Å². The SMILES string of the molecule is CC1=CN(C)[N+]2=CC12. The molecule has 0 amide bonds. The zero-order valence-electron chi connectivity index (χ0n) is 5.13. The monoisotopic (exact) mass is 109 g/mol. The smallest absolute Gasteiger partial charge is 0.163 e. The molecule has 0 saturated carbocycles. The number of hydrogen-bond donors (Lipinski definition) is 0. The van der Waals surface area contributed by atoms with E-state index >= 15 is 0 Å². The first-order chi connectivity index (χ1) is 3.79. The van der Waals surface area contributed by atoms with Gasteiger partial charge < -0.3 is 0 Å². The Bertz CT molecular complexity index is 191. The van der Waals surface area contributed by atoms with E-state index in [1.807, 2.05) is 0 Å². The van der Waals surface area contributed by atoms with Gasteiger partial charge >= 0.3 is 0 Å². The standard InChI is InChI=1S/C6H9N2/c1-5-3-7(2)8-4-6(5)8/h3-4,6H,1-2H3/q+1. The van der Waals surface area contributed by atoms with Crippen LogP contribution < -0.4 is 0 Å². The summed E-state index contributed by atoms with van der Waals surface area (Å²) in [5.41, 5.74) is 1.45. The lowest BCUT2D eigenvalue weighted by Gasteiger charge is -1.92. The molecule has 2 nitrogen and oxygen atoms in total. The predicted molar refractivity (Wildman–Crippen MR) is 31.6 cm³/mol. The number of hydrazone groups is 1. The third kappa shape index (κ3) is 0.312. The van der Waals surface area contributed by atoms with Crippen molar-refractivity contribution in [3.05, 3.63) is 11.8 Å². The summed E-state index contributed by atoms with van der Waals surface area (Å²) < 4.78 is 2.20. The van der Waals surface area contributed by atoms with Crippen molar-refractivity contribution in [2.45, 2.75) is 13.0 Å². The third-order valence-electron chi connectivity index (χ3n) is 1.71. The molecule has 42 valence electrons. The van der Waals surface area contributed by atoms with Crippen LogP contribution in [-0.2, 0) is 0 Å². The van der Waals surface area contributed by atoms with Gasteiger partial charge in [0, 0.05) is 5.57 Å². The molecule has 0 aromatic rings. The van der Waals surface area contributed by atoms with Crippen molar-refractivity contribution in [3.8, 4) is 0 Å². The van der Waals surface area contributed by atoms with Crippen molar-refractivity contribution in [2.75, 3.05) is 7.05 Å². The van der Waals surface area contributed by atoms with E-state index in [-0.39, 0.29) is 0 Å². The molecule has 1 atom stereocenters. The fourth-order valence-corrected chi connectivity index (χ4v) is 1.17. The predicted octanol–water partition coefficient (Wildman–Crippen LogP) is 0.216. The van der Waals surface area contributed by atoms with Crippen molar-refractivity contribution >= 4 is 6.21 Å². The number of fused-ring (bicyclic) bond motifs is 1. The molecule has 0 radical (unpaired) electrons. The first-order valence-electron chi connectivity index (χ1n) is 2.83. The van der Waals surface area contributed by atoms with E-state index in [2.05, 4.69) is 36.1 Å². The van der Waals surface area contributed by atoms with Gasteiger partial charge in [0.25, 0.3) is 6.04 Å². The molecular formula is C6H9N2+. The van der Waals surface area contributed by atoms with Crippen LogP contribution in [0.25, 0.3) is 0 Å². The molecule has 0 N–H and O–H groups in total. The summed E-state index contributed by atoms with van der Waals surface area (Å²) in [5.74, 6) is 0. The average Bonchev–Trinajstić information content (AvgIpc) is 2.35. The van der Waals surface area contributed by atoms with Crippen molar-refractivity contribution in [1.82, 2.24) is 5.01 Å². The van der Waals surface area contributed by atoms with E-state index in [4.69, 9.17) is 0 Å². The second kappa shape index (κ2) is 0.966. The van der Waals surface area contributed by atoms with Crippen molar-refractivity contribution in [1.29, 1.82) is 0 Å². The van der Waals surface area contributed by atoms with E-state index in [1.54, 1.807) is 0 Å². The Kier molecular flexibility index (Phi) is 0.498.